The Hall–Kier alpha value is -1.65. The van der Waals surface area contributed by atoms with Gasteiger partial charge in [-0.15, -0.1) is 0 Å². The van der Waals surface area contributed by atoms with Gasteiger partial charge >= 0.3 is 0 Å². The Balaban J connectivity index is 1.82. The van der Waals surface area contributed by atoms with E-state index in [-0.39, 0.29) is 5.82 Å². The molecule has 2 N–H and O–H groups in total. The maximum Gasteiger partial charge on any atom is 0.191 e. The molecule has 0 unspecified atom stereocenters. The van der Waals surface area contributed by atoms with Crippen molar-refractivity contribution < 1.29 is 8.78 Å². The highest BCUT2D eigenvalue weighted by molar-refractivity contribution is 5.79. The third-order valence-corrected chi connectivity index (χ3v) is 3.24. The van der Waals surface area contributed by atoms with Gasteiger partial charge in [-0.25, -0.2) is 8.78 Å². The first-order valence-corrected chi connectivity index (χ1v) is 7.15. The smallest absolute Gasteiger partial charge is 0.191 e. The van der Waals surface area contributed by atoms with Crippen molar-refractivity contribution in [2.24, 2.45) is 10.9 Å². The Morgan fingerprint density at radius 2 is 2.10 bits per heavy atom. The number of benzene rings is 1. The summed E-state index contributed by atoms with van der Waals surface area (Å²) in [5, 5.41) is 6.30. The number of hydrogen-bond donors (Lipinski definition) is 2. The fourth-order valence-electron chi connectivity index (χ4n) is 1.91. The van der Waals surface area contributed by atoms with Gasteiger partial charge in [0.15, 0.2) is 5.96 Å². The van der Waals surface area contributed by atoms with Gasteiger partial charge in [0, 0.05) is 19.6 Å². The maximum atomic E-state index is 13.5. The van der Waals surface area contributed by atoms with E-state index in [0.717, 1.165) is 37.1 Å². The van der Waals surface area contributed by atoms with E-state index >= 15 is 0 Å². The minimum Gasteiger partial charge on any atom is -0.357 e. The second-order valence-corrected chi connectivity index (χ2v) is 5.08. The summed E-state index contributed by atoms with van der Waals surface area (Å²) in [6.45, 7) is 4.14. The van der Waals surface area contributed by atoms with Crippen LogP contribution in [0, 0.1) is 17.6 Å². The van der Waals surface area contributed by atoms with E-state index in [1.165, 1.54) is 18.9 Å². The molecule has 1 aliphatic rings. The lowest BCUT2D eigenvalue weighted by molar-refractivity contribution is 0.583. The molecular formula is C15H21F2N3. The molecule has 0 aromatic heterocycles. The van der Waals surface area contributed by atoms with Gasteiger partial charge in [0.2, 0.25) is 0 Å². The van der Waals surface area contributed by atoms with Crippen LogP contribution in [0.5, 0.6) is 0 Å². The molecule has 0 aliphatic heterocycles. The lowest BCUT2D eigenvalue weighted by atomic mass is 10.1. The molecule has 3 nitrogen and oxygen atoms in total. The van der Waals surface area contributed by atoms with Crippen LogP contribution in [0.2, 0.25) is 0 Å². The summed E-state index contributed by atoms with van der Waals surface area (Å²) < 4.78 is 26.5. The number of halogens is 2. The molecule has 20 heavy (non-hydrogen) atoms. The van der Waals surface area contributed by atoms with Crippen molar-refractivity contribution in [3.8, 4) is 0 Å². The number of nitrogens with zero attached hydrogens (tertiary/aromatic N) is 1. The van der Waals surface area contributed by atoms with Crippen LogP contribution in [0.15, 0.2) is 23.2 Å². The first-order chi connectivity index (χ1) is 9.69. The molecule has 110 valence electrons. The summed E-state index contributed by atoms with van der Waals surface area (Å²) in [7, 11) is 0. The van der Waals surface area contributed by atoms with Crippen LogP contribution >= 0.6 is 0 Å². The predicted octanol–water partition coefficient (Wildman–Crippen LogP) is 2.47. The van der Waals surface area contributed by atoms with Crippen LogP contribution in [0.1, 0.15) is 25.3 Å². The molecule has 1 aromatic carbocycles. The molecule has 0 bridgehead atoms. The van der Waals surface area contributed by atoms with Gasteiger partial charge in [0.05, 0.1) is 0 Å². The molecule has 1 aliphatic carbocycles. The third kappa shape index (κ3) is 4.79. The number of hydrogen-bond acceptors (Lipinski definition) is 1. The lowest BCUT2D eigenvalue weighted by Gasteiger charge is -2.11. The van der Waals surface area contributed by atoms with Crippen LogP contribution < -0.4 is 10.6 Å². The molecule has 0 spiro atoms. The van der Waals surface area contributed by atoms with Gasteiger partial charge in [-0.3, -0.25) is 4.99 Å². The number of aliphatic imine (C=N–C) groups is 1. The van der Waals surface area contributed by atoms with E-state index in [1.54, 1.807) is 0 Å². The van der Waals surface area contributed by atoms with Crippen molar-refractivity contribution >= 4 is 5.96 Å². The van der Waals surface area contributed by atoms with E-state index in [0.29, 0.717) is 18.5 Å². The van der Waals surface area contributed by atoms with Crippen LogP contribution in [0.4, 0.5) is 8.78 Å². The average molecular weight is 281 g/mol. The van der Waals surface area contributed by atoms with E-state index in [4.69, 9.17) is 0 Å². The molecule has 0 atom stereocenters. The summed E-state index contributed by atoms with van der Waals surface area (Å²) in [4.78, 5) is 4.47. The summed E-state index contributed by atoms with van der Waals surface area (Å²) in [6.07, 6.45) is 2.95. The second kappa shape index (κ2) is 7.22. The van der Waals surface area contributed by atoms with Crippen LogP contribution in [-0.2, 0) is 6.42 Å². The Labute approximate surface area is 118 Å². The minimum atomic E-state index is -0.407. The normalized spacial score (nSPS) is 15.2. The van der Waals surface area contributed by atoms with E-state index < -0.39 is 5.82 Å². The Kier molecular flexibility index (Phi) is 5.32. The Bertz CT molecular complexity index is 470. The molecule has 5 heteroatoms. The zero-order valence-electron chi connectivity index (χ0n) is 11.8. The topological polar surface area (TPSA) is 36.4 Å². The van der Waals surface area contributed by atoms with Crippen molar-refractivity contribution in [3.05, 3.63) is 35.4 Å². The highest BCUT2D eigenvalue weighted by Crippen LogP contribution is 2.28. The summed E-state index contributed by atoms with van der Waals surface area (Å²) in [6, 6.07) is 3.54. The third-order valence-electron chi connectivity index (χ3n) is 3.24. The predicted molar refractivity (Wildman–Crippen MR) is 76.8 cm³/mol. The largest absolute Gasteiger partial charge is 0.357 e. The van der Waals surface area contributed by atoms with Gasteiger partial charge in [-0.05, 0) is 55.9 Å². The van der Waals surface area contributed by atoms with Crippen molar-refractivity contribution in [2.45, 2.75) is 26.2 Å². The fourth-order valence-corrected chi connectivity index (χ4v) is 1.91. The summed E-state index contributed by atoms with van der Waals surface area (Å²) >= 11 is 0. The Morgan fingerprint density at radius 1 is 1.30 bits per heavy atom. The number of guanidine groups is 1. The molecule has 1 fully saturated rings. The fraction of sp³-hybridized carbons (Fsp3) is 0.533. The first-order valence-electron chi connectivity index (χ1n) is 7.15. The Morgan fingerprint density at radius 3 is 2.80 bits per heavy atom. The highest BCUT2D eigenvalue weighted by atomic mass is 19.1. The van der Waals surface area contributed by atoms with Gasteiger partial charge in [-0.2, -0.15) is 0 Å². The van der Waals surface area contributed by atoms with Crippen molar-refractivity contribution in [1.82, 2.24) is 10.6 Å². The quantitative estimate of drug-likeness (QED) is 0.621. The maximum absolute atomic E-state index is 13.5. The van der Waals surface area contributed by atoms with Gasteiger partial charge in [0.1, 0.15) is 11.6 Å². The van der Waals surface area contributed by atoms with Gasteiger partial charge < -0.3 is 10.6 Å². The minimum absolute atomic E-state index is 0.367. The zero-order valence-corrected chi connectivity index (χ0v) is 11.8. The lowest BCUT2D eigenvalue weighted by Crippen LogP contribution is -2.38. The summed E-state index contributed by atoms with van der Waals surface area (Å²) in [5.74, 6) is 0.700. The molecule has 0 radical (unpaired) electrons. The highest BCUT2D eigenvalue weighted by Gasteiger charge is 2.20. The monoisotopic (exact) mass is 281 g/mol. The van der Waals surface area contributed by atoms with E-state index in [1.807, 2.05) is 6.92 Å². The summed E-state index contributed by atoms with van der Waals surface area (Å²) in [5.41, 5.74) is 0.385. The molecular weight excluding hydrogens is 260 g/mol. The van der Waals surface area contributed by atoms with Crippen LogP contribution in [0.25, 0.3) is 0 Å². The van der Waals surface area contributed by atoms with Crippen molar-refractivity contribution in [2.75, 3.05) is 19.6 Å². The first kappa shape index (κ1) is 14.8. The van der Waals surface area contributed by atoms with E-state index in [9.17, 15) is 8.78 Å². The standard InChI is InChI=1S/C15H21F2N3/c1-2-18-15(20-10-11-3-4-11)19-8-7-12-9-13(16)5-6-14(12)17/h5-6,9,11H,2-4,7-8,10H2,1H3,(H2,18,19,20). The molecule has 0 saturated heterocycles. The van der Waals surface area contributed by atoms with Crippen LogP contribution in [0.3, 0.4) is 0 Å². The molecule has 1 aromatic rings. The number of nitrogens with one attached hydrogen (secondary N) is 2. The molecule has 2 rings (SSSR count). The molecule has 1 saturated carbocycles. The van der Waals surface area contributed by atoms with Crippen molar-refractivity contribution in [1.29, 1.82) is 0 Å². The molecule has 0 heterocycles. The SMILES string of the molecule is CCNC(=NCC1CC1)NCCc1cc(F)ccc1F. The van der Waals surface area contributed by atoms with Gasteiger partial charge in [-0.1, -0.05) is 0 Å². The van der Waals surface area contributed by atoms with Crippen LogP contribution in [-0.4, -0.2) is 25.6 Å². The molecule has 0 amide bonds. The average Bonchev–Trinajstić information content (AvgIpc) is 3.24. The zero-order chi connectivity index (χ0) is 14.4. The second-order valence-electron chi connectivity index (χ2n) is 5.08. The van der Waals surface area contributed by atoms with E-state index in [2.05, 4.69) is 15.6 Å². The van der Waals surface area contributed by atoms with Gasteiger partial charge in [0.25, 0.3) is 0 Å². The van der Waals surface area contributed by atoms with Crippen molar-refractivity contribution in [3.63, 3.8) is 0 Å². The number of rotatable bonds is 6.